The Labute approximate surface area is 67.5 Å². The highest BCUT2D eigenvalue weighted by molar-refractivity contribution is 8.13. The molecule has 2 heteroatoms. The molecule has 0 saturated heterocycles. The van der Waals surface area contributed by atoms with Crippen molar-refractivity contribution in [2.24, 2.45) is 0 Å². The minimum Gasteiger partial charge on any atom is -0.231 e. The molecule has 0 fully saturated rings. The van der Waals surface area contributed by atoms with Gasteiger partial charge in [0.1, 0.15) is 13.6 Å². The molecule has 1 nitrogen and oxygen atoms in total. The lowest BCUT2D eigenvalue weighted by Gasteiger charge is -1.97. The van der Waals surface area contributed by atoms with Gasteiger partial charge in [0.15, 0.2) is 0 Å². The largest absolute Gasteiger partial charge is 0.231 e. The van der Waals surface area contributed by atoms with Gasteiger partial charge < -0.3 is 0 Å². The fraction of sp³-hybridized carbons (Fsp3) is 0.875. The van der Waals surface area contributed by atoms with E-state index in [1.54, 1.807) is 5.04 Å². The fourth-order valence-corrected chi connectivity index (χ4v) is 2.13. The van der Waals surface area contributed by atoms with Crippen LogP contribution in [-0.2, 0) is 0 Å². The SMILES string of the molecule is CSC1=[N+](C)CCCCC1. The molecule has 58 valence electrons. The average molecular weight is 158 g/mol. The molecular formula is C8H16NS+. The van der Waals surface area contributed by atoms with Crippen molar-refractivity contribution in [1.82, 2.24) is 0 Å². The van der Waals surface area contributed by atoms with E-state index in [2.05, 4.69) is 17.9 Å². The lowest BCUT2D eigenvalue weighted by atomic mass is 10.2. The molecule has 0 amide bonds. The first-order chi connectivity index (χ1) is 4.84. The first kappa shape index (κ1) is 8.12. The molecule has 10 heavy (non-hydrogen) atoms. The Morgan fingerprint density at radius 2 is 2.10 bits per heavy atom. The smallest absolute Gasteiger partial charge is 0.210 e. The summed E-state index contributed by atoms with van der Waals surface area (Å²) in [5, 5.41) is 1.57. The summed E-state index contributed by atoms with van der Waals surface area (Å²) in [6.07, 6.45) is 7.66. The van der Waals surface area contributed by atoms with Crippen LogP contribution in [0, 0.1) is 0 Å². The molecule has 1 aliphatic heterocycles. The lowest BCUT2D eigenvalue weighted by Crippen LogP contribution is -2.13. The van der Waals surface area contributed by atoms with Crippen LogP contribution >= 0.6 is 11.8 Å². The molecule has 0 unspecified atom stereocenters. The molecule has 0 aromatic carbocycles. The molecule has 0 saturated carbocycles. The van der Waals surface area contributed by atoms with E-state index in [9.17, 15) is 0 Å². The highest BCUT2D eigenvalue weighted by Gasteiger charge is 2.12. The zero-order valence-corrected chi connectivity index (χ0v) is 7.71. The zero-order valence-electron chi connectivity index (χ0n) is 6.89. The third-order valence-electron chi connectivity index (χ3n) is 2.05. The van der Waals surface area contributed by atoms with Crippen molar-refractivity contribution in [1.29, 1.82) is 0 Å². The number of hydrogen-bond acceptors (Lipinski definition) is 1. The first-order valence-electron chi connectivity index (χ1n) is 3.95. The van der Waals surface area contributed by atoms with Gasteiger partial charge in [-0.2, -0.15) is 0 Å². The highest BCUT2D eigenvalue weighted by atomic mass is 32.2. The fourth-order valence-electron chi connectivity index (χ4n) is 1.38. The molecule has 0 radical (unpaired) electrons. The molecule has 0 aliphatic carbocycles. The molecule has 0 aromatic rings. The zero-order chi connectivity index (χ0) is 7.40. The van der Waals surface area contributed by atoms with E-state index in [0.717, 1.165) is 0 Å². The summed E-state index contributed by atoms with van der Waals surface area (Å²) < 4.78 is 2.40. The number of nitrogens with zero attached hydrogens (tertiary/aromatic N) is 1. The van der Waals surface area contributed by atoms with Crippen molar-refractivity contribution in [3.63, 3.8) is 0 Å². The Balaban J connectivity index is 2.58. The average Bonchev–Trinajstić information content (AvgIpc) is 2.13. The van der Waals surface area contributed by atoms with Crippen LogP contribution in [0.1, 0.15) is 25.7 Å². The van der Waals surface area contributed by atoms with Crippen LogP contribution < -0.4 is 0 Å². The second kappa shape index (κ2) is 4.02. The summed E-state index contributed by atoms with van der Waals surface area (Å²) in [7, 11) is 2.21. The molecule has 0 atom stereocenters. The predicted molar refractivity (Wildman–Crippen MR) is 48.0 cm³/mol. The van der Waals surface area contributed by atoms with Crippen LogP contribution in [0.25, 0.3) is 0 Å². The molecule has 1 heterocycles. The maximum absolute atomic E-state index is 2.40. The van der Waals surface area contributed by atoms with Crippen LogP contribution in [0.2, 0.25) is 0 Å². The van der Waals surface area contributed by atoms with Crippen LogP contribution in [-0.4, -0.2) is 29.5 Å². The van der Waals surface area contributed by atoms with Gasteiger partial charge in [-0.05, 0) is 19.1 Å². The third-order valence-corrected chi connectivity index (χ3v) is 3.03. The van der Waals surface area contributed by atoms with Gasteiger partial charge in [-0.3, -0.25) is 0 Å². The Kier molecular flexibility index (Phi) is 3.26. The molecular weight excluding hydrogens is 142 g/mol. The minimum atomic E-state index is 1.26. The van der Waals surface area contributed by atoms with Crippen LogP contribution in [0.4, 0.5) is 0 Å². The van der Waals surface area contributed by atoms with Crippen LogP contribution in [0.15, 0.2) is 0 Å². The van der Waals surface area contributed by atoms with Gasteiger partial charge in [-0.15, -0.1) is 0 Å². The minimum absolute atomic E-state index is 1.26. The van der Waals surface area contributed by atoms with Crippen molar-refractivity contribution in [3.8, 4) is 0 Å². The van der Waals surface area contributed by atoms with Gasteiger partial charge >= 0.3 is 0 Å². The van der Waals surface area contributed by atoms with Crippen LogP contribution in [0.5, 0.6) is 0 Å². The van der Waals surface area contributed by atoms with E-state index < -0.39 is 0 Å². The number of hydrogen-bond donors (Lipinski definition) is 0. The van der Waals surface area contributed by atoms with E-state index in [4.69, 9.17) is 0 Å². The Hall–Kier alpha value is 0.0200. The van der Waals surface area contributed by atoms with Crippen molar-refractivity contribution in [2.75, 3.05) is 19.8 Å². The Morgan fingerprint density at radius 1 is 1.30 bits per heavy atom. The molecule has 0 bridgehead atoms. The summed E-state index contributed by atoms with van der Waals surface area (Å²) in [6.45, 7) is 1.26. The normalized spacial score (nSPS) is 21.0. The highest BCUT2D eigenvalue weighted by Crippen LogP contribution is 2.12. The van der Waals surface area contributed by atoms with Gasteiger partial charge in [0.25, 0.3) is 0 Å². The second-order valence-electron chi connectivity index (χ2n) is 2.83. The van der Waals surface area contributed by atoms with Crippen molar-refractivity contribution in [2.45, 2.75) is 25.7 Å². The summed E-state index contributed by atoms with van der Waals surface area (Å²) in [6, 6.07) is 0. The molecule has 0 aromatic heterocycles. The monoisotopic (exact) mass is 158 g/mol. The van der Waals surface area contributed by atoms with Gasteiger partial charge in [-0.1, -0.05) is 11.8 Å². The molecule has 0 N–H and O–H groups in total. The summed E-state index contributed by atoms with van der Waals surface area (Å²) in [4.78, 5) is 0. The van der Waals surface area contributed by atoms with E-state index in [1.165, 1.54) is 32.2 Å². The van der Waals surface area contributed by atoms with E-state index in [-0.39, 0.29) is 0 Å². The Morgan fingerprint density at radius 3 is 2.80 bits per heavy atom. The maximum Gasteiger partial charge on any atom is 0.210 e. The standard InChI is InChI=1S/C8H16NS/c1-9-7-5-3-4-6-8(9)10-2/h3-7H2,1-2H3/q+1. The topological polar surface area (TPSA) is 3.01 Å². The molecule has 1 rings (SSSR count). The van der Waals surface area contributed by atoms with E-state index in [1.807, 2.05) is 11.8 Å². The van der Waals surface area contributed by atoms with Gasteiger partial charge in [-0.25, -0.2) is 4.58 Å². The van der Waals surface area contributed by atoms with E-state index in [0.29, 0.717) is 0 Å². The summed E-state index contributed by atoms with van der Waals surface area (Å²) in [5.41, 5.74) is 0. The summed E-state index contributed by atoms with van der Waals surface area (Å²) in [5.74, 6) is 0. The first-order valence-corrected chi connectivity index (χ1v) is 5.18. The van der Waals surface area contributed by atoms with E-state index >= 15 is 0 Å². The Bertz CT molecular complexity index is 140. The van der Waals surface area contributed by atoms with Crippen molar-refractivity contribution in [3.05, 3.63) is 0 Å². The number of rotatable bonds is 0. The second-order valence-corrected chi connectivity index (χ2v) is 3.71. The third kappa shape index (κ3) is 2.01. The quantitative estimate of drug-likeness (QED) is 0.487. The van der Waals surface area contributed by atoms with Gasteiger partial charge in [0.05, 0.1) is 0 Å². The van der Waals surface area contributed by atoms with Gasteiger partial charge in [0.2, 0.25) is 5.04 Å². The molecule has 0 spiro atoms. The number of thioether (sulfide) groups is 1. The van der Waals surface area contributed by atoms with Crippen molar-refractivity contribution < 1.29 is 4.58 Å². The molecule has 1 aliphatic rings. The van der Waals surface area contributed by atoms with Gasteiger partial charge in [0, 0.05) is 12.8 Å². The predicted octanol–water partition coefficient (Wildman–Crippen LogP) is 1.96. The van der Waals surface area contributed by atoms with Crippen LogP contribution in [0.3, 0.4) is 0 Å². The lowest BCUT2D eigenvalue weighted by molar-refractivity contribution is -0.494. The summed E-state index contributed by atoms with van der Waals surface area (Å²) >= 11 is 1.91. The van der Waals surface area contributed by atoms with Crippen molar-refractivity contribution >= 4 is 16.8 Å². The maximum atomic E-state index is 2.40.